The molecular formula is C13H15NO. The Labute approximate surface area is 89.6 Å². The number of pyridine rings is 1. The van der Waals surface area contributed by atoms with Crippen molar-refractivity contribution in [2.45, 2.75) is 26.9 Å². The van der Waals surface area contributed by atoms with Gasteiger partial charge in [0.05, 0.1) is 11.6 Å². The summed E-state index contributed by atoms with van der Waals surface area (Å²) in [7, 11) is 0. The van der Waals surface area contributed by atoms with E-state index >= 15 is 0 Å². The van der Waals surface area contributed by atoms with Crippen LogP contribution in [0.4, 0.5) is 0 Å². The maximum atomic E-state index is 9.70. The molecule has 2 aromatic rings. The Kier molecular flexibility index (Phi) is 2.45. The van der Waals surface area contributed by atoms with E-state index in [4.69, 9.17) is 0 Å². The Morgan fingerprint density at radius 3 is 2.67 bits per heavy atom. The van der Waals surface area contributed by atoms with Gasteiger partial charge in [0, 0.05) is 17.1 Å². The lowest BCUT2D eigenvalue weighted by Gasteiger charge is -2.11. The van der Waals surface area contributed by atoms with Gasteiger partial charge in [-0.2, -0.15) is 0 Å². The van der Waals surface area contributed by atoms with Crippen molar-refractivity contribution in [2.24, 2.45) is 0 Å². The van der Waals surface area contributed by atoms with Gasteiger partial charge in [0.1, 0.15) is 0 Å². The third kappa shape index (κ3) is 1.73. The van der Waals surface area contributed by atoms with Gasteiger partial charge in [-0.3, -0.25) is 4.98 Å². The van der Waals surface area contributed by atoms with Gasteiger partial charge in [-0.25, -0.2) is 0 Å². The highest BCUT2D eigenvalue weighted by Crippen LogP contribution is 2.26. The molecule has 2 rings (SSSR count). The van der Waals surface area contributed by atoms with Gasteiger partial charge in [0.2, 0.25) is 0 Å². The number of aliphatic hydroxyl groups is 1. The van der Waals surface area contributed by atoms with Crippen LogP contribution < -0.4 is 0 Å². The maximum absolute atomic E-state index is 9.70. The lowest BCUT2D eigenvalue weighted by Crippen LogP contribution is -1.96. The minimum Gasteiger partial charge on any atom is -0.389 e. The Morgan fingerprint density at radius 1 is 1.27 bits per heavy atom. The maximum Gasteiger partial charge on any atom is 0.0783 e. The van der Waals surface area contributed by atoms with Crippen LogP contribution in [0, 0.1) is 13.8 Å². The van der Waals surface area contributed by atoms with Gasteiger partial charge >= 0.3 is 0 Å². The van der Waals surface area contributed by atoms with Gasteiger partial charge in [-0.1, -0.05) is 11.6 Å². The summed E-state index contributed by atoms with van der Waals surface area (Å²) in [6.07, 6.45) is 1.32. The normalized spacial score (nSPS) is 13.1. The molecule has 0 aliphatic carbocycles. The van der Waals surface area contributed by atoms with Gasteiger partial charge in [-0.15, -0.1) is 0 Å². The average Bonchev–Trinajstić information content (AvgIpc) is 2.18. The Balaban J connectivity index is 2.86. The summed E-state index contributed by atoms with van der Waals surface area (Å²) in [4.78, 5) is 4.34. The van der Waals surface area contributed by atoms with Crippen LogP contribution in [0.2, 0.25) is 0 Å². The van der Waals surface area contributed by atoms with Crippen LogP contribution in [0.15, 0.2) is 24.4 Å². The van der Waals surface area contributed by atoms with Crippen molar-refractivity contribution < 1.29 is 5.11 Å². The number of aryl methyl sites for hydroxylation is 2. The van der Waals surface area contributed by atoms with Crippen molar-refractivity contribution in [2.75, 3.05) is 0 Å². The van der Waals surface area contributed by atoms with Gasteiger partial charge in [0.25, 0.3) is 0 Å². The largest absolute Gasteiger partial charge is 0.389 e. The molecule has 1 aromatic carbocycles. The highest BCUT2D eigenvalue weighted by Gasteiger charge is 2.09. The number of hydrogen-bond donors (Lipinski definition) is 1. The SMILES string of the molecule is Cc1cc(C(C)O)c2nccc(C)c2c1. The molecule has 0 aliphatic heterocycles. The van der Waals surface area contributed by atoms with E-state index in [1.54, 1.807) is 13.1 Å². The molecule has 0 radical (unpaired) electrons. The topological polar surface area (TPSA) is 33.1 Å². The number of fused-ring (bicyclic) bond motifs is 1. The number of rotatable bonds is 1. The first-order valence-corrected chi connectivity index (χ1v) is 5.13. The van der Waals surface area contributed by atoms with Crippen molar-refractivity contribution in [1.82, 2.24) is 4.98 Å². The zero-order valence-corrected chi connectivity index (χ0v) is 9.28. The molecule has 0 aliphatic rings. The van der Waals surface area contributed by atoms with E-state index in [9.17, 15) is 5.11 Å². The van der Waals surface area contributed by atoms with Crippen molar-refractivity contribution in [3.05, 3.63) is 41.1 Å². The highest BCUT2D eigenvalue weighted by molar-refractivity contribution is 5.85. The zero-order valence-electron chi connectivity index (χ0n) is 9.28. The van der Waals surface area contributed by atoms with Crippen molar-refractivity contribution >= 4 is 10.9 Å². The monoisotopic (exact) mass is 201 g/mol. The van der Waals surface area contributed by atoms with Crippen molar-refractivity contribution in [3.8, 4) is 0 Å². The molecular weight excluding hydrogens is 186 g/mol. The summed E-state index contributed by atoms with van der Waals surface area (Å²) < 4.78 is 0. The molecule has 78 valence electrons. The number of hydrogen-bond acceptors (Lipinski definition) is 2. The molecule has 0 spiro atoms. The fraction of sp³-hybridized carbons (Fsp3) is 0.308. The molecule has 0 amide bonds. The minimum absolute atomic E-state index is 0.471. The molecule has 2 heteroatoms. The molecule has 1 aromatic heterocycles. The van der Waals surface area contributed by atoms with E-state index in [0.29, 0.717) is 0 Å². The predicted octanol–water partition coefficient (Wildman–Crippen LogP) is 2.90. The number of nitrogens with zero attached hydrogens (tertiary/aromatic N) is 1. The second-order valence-electron chi connectivity index (χ2n) is 4.05. The number of benzene rings is 1. The second kappa shape index (κ2) is 3.63. The van der Waals surface area contributed by atoms with E-state index < -0.39 is 6.10 Å². The van der Waals surface area contributed by atoms with E-state index in [-0.39, 0.29) is 0 Å². The van der Waals surface area contributed by atoms with E-state index in [1.807, 2.05) is 19.1 Å². The zero-order chi connectivity index (χ0) is 11.0. The van der Waals surface area contributed by atoms with Crippen LogP contribution in [-0.4, -0.2) is 10.1 Å². The molecule has 1 N–H and O–H groups in total. The first kappa shape index (κ1) is 10.1. The van der Waals surface area contributed by atoms with Gasteiger partial charge in [-0.05, 0) is 38.5 Å². The van der Waals surface area contributed by atoms with E-state index in [0.717, 1.165) is 22.0 Å². The summed E-state index contributed by atoms with van der Waals surface area (Å²) in [6, 6.07) is 6.11. The molecule has 1 heterocycles. The fourth-order valence-electron chi connectivity index (χ4n) is 1.88. The molecule has 2 nitrogen and oxygen atoms in total. The van der Waals surface area contributed by atoms with Crippen LogP contribution in [0.3, 0.4) is 0 Å². The average molecular weight is 201 g/mol. The summed E-state index contributed by atoms with van der Waals surface area (Å²) in [5.41, 5.74) is 4.18. The van der Waals surface area contributed by atoms with Crippen molar-refractivity contribution in [3.63, 3.8) is 0 Å². The standard InChI is InChI=1S/C13H15NO/c1-8-6-11-9(2)4-5-14-13(11)12(7-8)10(3)15/h4-7,10,15H,1-3H3. The lowest BCUT2D eigenvalue weighted by atomic mass is 10.00. The first-order chi connectivity index (χ1) is 7.09. The molecule has 15 heavy (non-hydrogen) atoms. The Hall–Kier alpha value is -1.41. The molecule has 1 atom stereocenters. The summed E-state index contributed by atoms with van der Waals surface area (Å²) in [5.74, 6) is 0. The smallest absolute Gasteiger partial charge is 0.0783 e. The van der Waals surface area contributed by atoms with Crippen LogP contribution in [0.25, 0.3) is 10.9 Å². The number of aliphatic hydroxyl groups excluding tert-OH is 1. The molecule has 0 saturated heterocycles. The van der Waals surface area contributed by atoms with Gasteiger partial charge in [0.15, 0.2) is 0 Å². The van der Waals surface area contributed by atoms with Crippen LogP contribution in [-0.2, 0) is 0 Å². The molecule has 0 fully saturated rings. The first-order valence-electron chi connectivity index (χ1n) is 5.13. The summed E-state index contributed by atoms with van der Waals surface area (Å²) in [6.45, 7) is 5.88. The quantitative estimate of drug-likeness (QED) is 0.769. The summed E-state index contributed by atoms with van der Waals surface area (Å²) in [5, 5.41) is 10.8. The fourth-order valence-corrected chi connectivity index (χ4v) is 1.88. The summed E-state index contributed by atoms with van der Waals surface area (Å²) >= 11 is 0. The van der Waals surface area contributed by atoms with Crippen LogP contribution >= 0.6 is 0 Å². The van der Waals surface area contributed by atoms with Gasteiger partial charge < -0.3 is 5.11 Å². The molecule has 1 unspecified atom stereocenters. The number of aromatic nitrogens is 1. The molecule has 0 saturated carbocycles. The highest BCUT2D eigenvalue weighted by atomic mass is 16.3. The van der Waals surface area contributed by atoms with E-state index in [2.05, 4.69) is 18.0 Å². The van der Waals surface area contributed by atoms with Crippen LogP contribution in [0.5, 0.6) is 0 Å². The minimum atomic E-state index is -0.471. The lowest BCUT2D eigenvalue weighted by molar-refractivity contribution is 0.200. The van der Waals surface area contributed by atoms with E-state index in [1.165, 1.54) is 5.56 Å². The Morgan fingerprint density at radius 2 is 2.00 bits per heavy atom. The van der Waals surface area contributed by atoms with Crippen LogP contribution in [0.1, 0.15) is 29.7 Å². The third-order valence-electron chi connectivity index (χ3n) is 2.69. The Bertz CT molecular complexity index is 503. The molecule has 0 bridgehead atoms. The second-order valence-corrected chi connectivity index (χ2v) is 4.05. The third-order valence-corrected chi connectivity index (χ3v) is 2.69. The van der Waals surface area contributed by atoms with Crippen molar-refractivity contribution in [1.29, 1.82) is 0 Å². The predicted molar refractivity (Wildman–Crippen MR) is 61.9 cm³/mol.